The van der Waals surface area contributed by atoms with E-state index in [9.17, 15) is 0 Å². The van der Waals surface area contributed by atoms with E-state index < -0.39 is 0 Å². The van der Waals surface area contributed by atoms with Crippen LogP contribution in [0, 0.1) is 12.3 Å². The van der Waals surface area contributed by atoms with Crippen LogP contribution < -0.4 is 4.74 Å². The van der Waals surface area contributed by atoms with Crippen molar-refractivity contribution in [3.63, 3.8) is 0 Å². The average Bonchev–Trinajstić information content (AvgIpc) is 2.68. The second kappa shape index (κ2) is 9.60. The molecule has 0 unspecified atom stereocenters. The first-order valence-corrected chi connectivity index (χ1v) is 9.85. The first kappa shape index (κ1) is 18.0. The van der Waals surface area contributed by atoms with E-state index in [1.807, 2.05) is 6.20 Å². The van der Waals surface area contributed by atoms with Crippen molar-refractivity contribution in [2.75, 3.05) is 6.61 Å². The van der Waals surface area contributed by atoms with E-state index in [2.05, 4.69) is 54.7 Å². The number of ether oxygens (including phenoxy) is 1. The molecule has 2 heteroatoms. The number of hydrogen-bond donors (Lipinski definition) is 0. The molecule has 1 aliphatic rings. The summed E-state index contributed by atoms with van der Waals surface area (Å²) in [7, 11) is 0. The number of aryl methyl sites for hydroxylation is 1. The Morgan fingerprint density at radius 1 is 1.00 bits per heavy atom. The van der Waals surface area contributed by atoms with Gasteiger partial charge in [0.2, 0.25) is 0 Å². The summed E-state index contributed by atoms with van der Waals surface area (Å²) >= 11 is 0. The van der Waals surface area contributed by atoms with Crippen molar-refractivity contribution < 1.29 is 4.74 Å². The third kappa shape index (κ3) is 5.59. The number of benzene rings is 1. The van der Waals surface area contributed by atoms with Crippen LogP contribution in [0.1, 0.15) is 57.4 Å². The highest BCUT2D eigenvalue weighted by molar-refractivity contribution is 5.60. The number of hydrogen-bond acceptors (Lipinski definition) is 2. The Morgan fingerprint density at radius 3 is 2.48 bits per heavy atom. The van der Waals surface area contributed by atoms with Crippen molar-refractivity contribution in [1.29, 1.82) is 0 Å². The Bertz CT molecular complexity index is 612. The first-order chi connectivity index (χ1) is 12.3. The maximum absolute atomic E-state index is 5.98. The van der Waals surface area contributed by atoms with Crippen molar-refractivity contribution in [2.45, 2.75) is 58.3 Å². The lowest BCUT2D eigenvalue weighted by Crippen LogP contribution is -2.15. The predicted molar refractivity (Wildman–Crippen MR) is 105 cm³/mol. The van der Waals surface area contributed by atoms with E-state index >= 15 is 0 Å². The smallest absolute Gasteiger partial charge is 0.119 e. The van der Waals surface area contributed by atoms with Crippen LogP contribution >= 0.6 is 0 Å². The highest BCUT2D eigenvalue weighted by atomic mass is 16.5. The van der Waals surface area contributed by atoms with E-state index in [0.717, 1.165) is 30.0 Å². The summed E-state index contributed by atoms with van der Waals surface area (Å²) in [5.74, 6) is 1.68. The fourth-order valence-corrected chi connectivity index (χ4v) is 3.42. The van der Waals surface area contributed by atoms with Gasteiger partial charge in [-0.15, -0.1) is 0 Å². The molecular formula is C23H30NO. The molecule has 3 rings (SSSR count). The van der Waals surface area contributed by atoms with Crippen molar-refractivity contribution in [3.05, 3.63) is 54.6 Å². The second-order valence-electron chi connectivity index (χ2n) is 7.15. The molecule has 0 aliphatic heterocycles. The lowest BCUT2D eigenvalue weighted by molar-refractivity contribution is 0.221. The maximum Gasteiger partial charge on any atom is 0.119 e. The quantitative estimate of drug-likeness (QED) is 0.531. The summed E-state index contributed by atoms with van der Waals surface area (Å²) in [5.41, 5.74) is 3.52. The Labute approximate surface area is 152 Å². The average molecular weight is 336 g/mol. The molecule has 2 nitrogen and oxygen atoms in total. The normalized spacial score (nSPS) is 15.2. The van der Waals surface area contributed by atoms with Crippen LogP contribution in [0.25, 0.3) is 11.3 Å². The van der Waals surface area contributed by atoms with Crippen LogP contribution in [0.5, 0.6) is 5.75 Å². The molecule has 1 saturated carbocycles. The summed E-state index contributed by atoms with van der Waals surface area (Å²) in [5, 5.41) is 0. The lowest BCUT2D eigenvalue weighted by atomic mass is 9.90. The van der Waals surface area contributed by atoms with Gasteiger partial charge in [-0.2, -0.15) is 0 Å². The molecule has 1 aliphatic carbocycles. The van der Waals surface area contributed by atoms with Crippen LogP contribution in [0.4, 0.5) is 0 Å². The maximum atomic E-state index is 5.98. The third-order valence-corrected chi connectivity index (χ3v) is 5.09. The zero-order valence-electron chi connectivity index (χ0n) is 15.4. The lowest BCUT2D eigenvalue weighted by Gasteiger charge is -2.21. The van der Waals surface area contributed by atoms with Gasteiger partial charge in [-0.3, -0.25) is 4.98 Å². The van der Waals surface area contributed by atoms with E-state index in [1.54, 1.807) is 0 Å². The summed E-state index contributed by atoms with van der Waals surface area (Å²) in [6, 6.07) is 12.7. The summed E-state index contributed by atoms with van der Waals surface area (Å²) in [6.45, 7) is 3.08. The number of aromatic nitrogens is 1. The molecule has 1 aromatic carbocycles. The minimum Gasteiger partial charge on any atom is -0.493 e. The van der Waals surface area contributed by atoms with Gasteiger partial charge in [-0.25, -0.2) is 0 Å². The molecule has 133 valence electrons. The molecule has 0 spiro atoms. The molecule has 1 radical (unpaired) electrons. The number of rotatable bonds is 8. The first-order valence-electron chi connectivity index (χ1n) is 9.85. The molecule has 1 fully saturated rings. The highest BCUT2D eigenvalue weighted by Crippen LogP contribution is 2.25. The molecular weight excluding hydrogens is 306 g/mol. The van der Waals surface area contributed by atoms with Crippen LogP contribution in [0.3, 0.4) is 0 Å². The number of nitrogens with zero attached hydrogens (tertiary/aromatic N) is 1. The number of unbranched alkanes of at least 4 members (excludes halogenated alkanes) is 2. The van der Waals surface area contributed by atoms with Gasteiger partial charge in [-0.05, 0) is 86.8 Å². The SMILES string of the molecule is CCCCCc1ccc(-c2ccc(OCC3CC[CH]CC3)cc2)nc1. The van der Waals surface area contributed by atoms with Crippen LogP contribution in [0.2, 0.25) is 0 Å². The van der Waals surface area contributed by atoms with Crippen molar-refractivity contribution in [1.82, 2.24) is 4.98 Å². The van der Waals surface area contributed by atoms with E-state index in [-0.39, 0.29) is 0 Å². The van der Waals surface area contributed by atoms with Crippen molar-refractivity contribution >= 4 is 0 Å². The van der Waals surface area contributed by atoms with Gasteiger partial charge >= 0.3 is 0 Å². The summed E-state index contributed by atoms with van der Waals surface area (Å²) in [4.78, 5) is 4.63. The van der Waals surface area contributed by atoms with Crippen LogP contribution in [-0.4, -0.2) is 11.6 Å². The fourth-order valence-electron chi connectivity index (χ4n) is 3.42. The van der Waals surface area contributed by atoms with Gasteiger partial charge in [0, 0.05) is 11.8 Å². The van der Waals surface area contributed by atoms with Gasteiger partial charge in [0.15, 0.2) is 0 Å². The topological polar surface area (TPSA) is 22.1 Å². The molecule has 0 bridgehead atoms. The Kier molecular flexibility index (Phi) is 6.90. The third-order valence-electron chi connectivity index (χ3n) is 5.09. The molecule has 25 heavy (non-hydrogen) atoms. The van der Waals surface area contributed by atoms with E-state index in [0.29, 0.717) is 5.92 Å². The fraction of sp³-hybridized carbons (Fsp3) is 0.478. The second-order valence-corrected chi connectivity index (χ2v) is 7.15. The van der Waals surface area contributed by atoms with Crippen molar-refractivity contribution in [3.8, 4) is 17.0 Å². The van der Waals surface area contributed by atoms with Gasteiger partial charge in [0.1, 0.15) is 5.75 Å². The molecule has 0 saturated heterocycles. The summed E-state index contributed by atoms with van der Waals surface area (Å²) < 4.78 is 5.98. The largest absolute Gasteiger partial charge is 0.493 e. The monoisotopic (exact) mass is 336 g/mol. The zero-order valence-corrected chi connectivity index (χ0v) is 15.4. The molecule has 2 aromatic rings. The Balaban J connectivity index is 1.52. The van der Waals surface area contributed by atoms with Gasteiger partial charge < -0.3 is 4.74 Å². The van der Waals surface area contributed by atoms with Gasteiger partial charge in [0.25, 0.3) is 0 Å². The highest BCUT2D eigenvalue weighted by Gasteiger charge is 2.14. The summed E-state index contributed by atoms with van der Waals surface area (Å²) in [6.07, 6.45) is 14.4. The molecule has 1 heterocycles. The molecule has 1 aromatic heterocycles. The molecule has 0 N–H and O–H groups in total. The standard InChI is InChI=1S/C23H30NO/c1-2-3-5-8-19-11-16-23(24-17-19)21-12-14-22(15-13-21)25-18-20-9-6-4-7-10-20/h4,11-17,20H,2-3,5-10,18H2,1H3. The minimum atomic E-state index is 0.714. The van der Waals surface area contributed by atoms with Crippen molar-refractivity contribution in [2.24, 2.45) is 5.92 Å². The van der Waals surface area contributed by atoms with E-state index in [1.165, 1.54) is 50.5 Å². The Hall–Kier alpha value is -1.83. The van der Waals surface area contributed by atoms with Crippen LogP contribution in [0.15, 0.2) is 42.6 Å². The van der Waals surface area contributed by atoms with Gasteiger partial charge in [0.05, 0.1) is 12.3 Å². The Morgan fingerprint density at radius 2 is 1.80 bits per heavy atom. The van der Waals surface area contributed by atoms with E-state index in [4.69, 9.17) is 4.74 Å². The number of pyridine rings is 1. The zero-order chi connectivity index (χ0) is 17.3. The molecule has 0 amide bonds. The predicted octanol–water partition coefficient (Wildman–Crippen LogP) is 6.25. The minimum absolute atomic E-state index is 0.714. The van der Waals surface area contributed by atoms with Crippen LogP contribution in [-0.2, 0) is 6.42 Å². The molecule has 0 atom stereocenters. The van der Waals surface area contributed by atoms with Gasteiger partial charge in [-0.1, -0.05) is 25.8 Å².